The van der Waals surface area contributed by atoms with Crippen LogP contribution >= 0.6 is 23.1 Å². The molecule has 5 rings (SSSR count). The molecule has 1 aliphatic rings. The van der Waals surface area contributed by atoms with Gasteiger partial charge in [0, 0.05) is 10.9 Å². The van der Waals surface area contributed by atoms with Crippen molar-refractivity contribution in [1.29, 1.82) is 0 Å². The average molecular weight is 453 g/mol. The Balaban J connectivity index is 1.55. The maximum atomic E-state index is 13.6. The molecular formula is C22H20N4O3S2. The van der Waals surface area contributed by atoms with E-state index < -0.39 is 5.25 Å². The molecule has 1 aliphatic carbocycles. The molecule has 1 aromatic carbocycles. The number of amides is 1. The predicted octanol–water partition coefficient (Wildman–Crippen LogP) is 4.35. The van der Waals surface area contributed by atoms with Gasteiger partial charge in [-0.3, -0.25) is 19.5 Å². The van der Waals surface area contributed by atoms with Crippen LogP contribution in [0.5, 0.6) is 0 Å². The first-order chi connectivity index (χ1) is 15.0. The highest BCUT2D eigenvalue weighted by Gasteiger charge is 2.26. The molecular weight excluding hydrogens is 432 g/mol. The van der Waals surface area contributed by atoms with Crippen molar-refractivity contribution >= 4 is 45.1 Å². The molecule has 7 nitrogen and oxygen atoms in total. The fourth-order valence-electron chi connectivity index (χ4n) is 3.77. The number of nitrogens with zero attached hydrogens (tertiary/aromatic N) is 3. The minimum Gasteiger partial charge on any atom is -0.338 e. The zero-order valence-electron chi connectivity index (χ0n) is 17.0. The van der Waals surface area contributed by atoms with Gasteiger partial charge < -0.3 is 4.52 Å². The summed E-state index contributed by atoms with van der Waals surface area (Å²) in [5, 5.41) is 7.23. The normalized spacial score (nSPS) is 14.0. The minimum absolute atomic E-state index is 0.0726. The number of aromatic nitrogens is 3. The van der Waals surface area contributed by atoms with Crippen LogP contribution in [0.3, 0.4) is 0 Å². The second kappa shape index (κ2) is 7.97. The molecule has 1 unspecified atom stereocenters. The molecule has 9 heteroatoms. The molecule has 0 saturated carbocycles. The number of nitrogens with one attached hydrogen (secondary N) is 1. The van der Waals surface area contributed by atoms with Crippen LogP contribution in [-0.4, -0.2) is 25.9 Å². The summed E-state index contributed by atoms with van der Waals surface area (Å²) in [6.45, 7) is 3.57. The highest BCUT2D eigenvalue weighted by Crippen LogP contribution is 2.36. The molecule has 0 aliphatic heterocycles. The lowest BCUT2D eigenvalue weighted by atomic mass is 10.2. The number of thioether (sulfide) groups is 1. The third kappa shape index (κ3) is 3.68. The van der Waals surface area contributed by atoms with Gasteiger partial charge in [-0.25, -0.2) is 4.98 Å². The molecule has 1 atom stereocenters. The SMILES string of the molecule is Cc1cc(NC(=O)C(C)Sc2nc3sc4c(c3c(=O)n2-c2ccccc2)CCC4)on1. The Bertz CT molecular complexity index is 1340. The number of para-hydroxylation sites is 1. The first-order valence-electron chi connectivity index (χ1n) is 10.0. The first-order valence-corrected chi connectivity index (χ1v) is 11.7. The van der Waals surface area contributed by atoms with Crippen molar-refractivity contribution in [2.24, 2.45) is 0 Å². The number of carbonyl (C=O) groups excluding carboxylic acids is 1. The van der Waals surface area contributed by atoms with Gasteiger partial charge in [0.25, 0.3) is 5.56 Å². The molecule has 0 saturated heterocycles. The van der Waals surface area contributed by atoms with E-state index in [1.54, 1.807) is 35.8 Å². The van der Waals surface area contributed by atoms with Crippen LogP contribution in [0.15, 0.2) is 50.9 Å². The Hall–Kier alpha value is -2.91. The summed E-state index contributed by atoms with van der Waals surface area (Å²) in [4.78, 5) is 33.2. The summed E-state index contributed by atoms with van der Waals surface area (Å²) in [7, 11) is 0. The molecule has 0 fully saturated rings. The van der Waals surface area contributed by atoms with Crippen molar-refractivity contribution in [2.45, 2.75) is 43.5 Å². The fourth-order valence-corrected chi connectivity index (χ4v) is 6.00. The summed E-state index contributed by atoms with van der Waals surface area (Å²) >= 11 is 2.85. The van der Waals surface area contributed by atoms with Gasteiger partial charge in [0.15, 0.2) is 5.16 Å². The molecule has 1 N–H and O–H groups in total. The lowest BCUT2D eigenvalue weighted by molar-refractivity contribution is -0.115. The molecule has 31 heavy (non-hydrogen) atoms. The molecule has 1 amide bonds. The van der Waals surface area contributed by atoms with Crippen molar-refractivity contribution in [2.75, 3.05) is 5.32 Å². The lowest BCUT2D eigenvalue weighted by Gasteiger charge is -2.15. The highest BCUT2D eigenvalue weighted by molar-refractivity contribution is 8.00. The molecule has 3 aromatic heterocycles. The Morgan fingerprint density at radius 1 is 1.29 bits per heavy atom. The largest absolute Gasteiger partial charge is 0.338 e. The van der Waals surface area contributed by atoms with Crippen molar-refractivity contribution < 1.29 is 9.32 Å². The van der Waals surface area contributed by atoms with E-state index in [2.05, 4.69) is 10.5 Å². The lowest BCUT2D eigenvalue weighted by Crippen LogP contribution is -2.26. The van der Waals surface area contributed by atoms with Crippen LogP contribution in [0, 0.1) is 6.92 Å². The third-order valence-electron chi connectivity index (χ3n) is 5.25. The average Bonchev–Trinajstić information content (AvgIpc) is 3.44. The van der Waals surface area contributed by atoms with E-state index in [-0.39, 0.29) is 11.5 Å². The minimum atomic E-state index is -0.503. The van der Waals surface area contributed by atoms with E-state index in [0.717, 1.165) is 40.7 Å². The van der Waals surface area contributed by atoms with Gasteiger partial charge in [0.1, 0.15) is 4.83 Å². The smallest absolute Gasteiger partial charge is 0.267 e. The number of hydrogen-bond donors (Lipinski definition) is 1. The topological polar surface area (TPSA) is 90.0 Å². The van der Waals surface area contributed by atoms with Gasteiger partial charge in [0.05, 0.1) is 22.0 Å². The number of carbonyl (C=O) groups is 1. The van der Waals surface area contributed by atoms with Gasteiger partial charge in [-0.05, 0) is 50.8 Å². The maximum absolute atomic E-state index is 13.6. The highest BCUT2D eigenvalue weighted by atomic mass is 32.2. The van der Waals surface area contributed by atoms with Gasteiger partial charge >= 0.3 is 0 Å². The number of benzene rings is 1. The number of thiophene rings is 1. The predicted molar refractivity (Wildman–Crippen MR) is 122 cm³/mol. The van der Waals surface area contributed by atoms with E-state index in [1.165, 1.54) is 16.6 Å². The van der Waals surface area contributed by atoms with Gasteiger partial charge in [0.2, 0.25) is 11.8 Å². The zero-order chi connectivity index (χ0) is 21.5. The van der Waals surface area contributed by atoms with E-state index in [0.29, 0.717) is 16.7 Å². The van der Waals surface area contributed by atoms with Crippen molar-refractivity contribution in [3.8, 4) is 5.69 Å². The number of hydrogen-bond acceptors (Lipinski definition) is 7. The van der Waals surface area contributed by atoms with E-state index in [1.807, 2.05) is 30.3 Å². The molecule has 3 heterocycles. The van der Waals surface area contributed by atoms with Crippen molar-refractivity contribution in [3.05, 3.63) is 62.9 Å². The van der Waals surface area contributed by atoms with Crippen LogP contribution in [0.25, 0.3) is 15.9 Å². The maximum Gasteiger partial charge on any atom is 0.267 e. The van der Waals surface area contributed by atoms with Crippen LogP contribution in [0.4, 0.5) is 5.88 Å². The Morgan fingerprint density at radius 3 is 2.84 bits per heavy atom. The number of aryl methyl sites for hydroxylation is 3. The van der Waals surface area contributed by atoms with Crippen LogP contribution in [0.2, 0.25) is 0 Å². The Kier molecular flexibility index (Phi) is 5.15. The van der Waals surface area contributed by atoms with Gasteiger partial charge in [-0.2, -0.15) is 0 Å². The van der Waals surface area contributed by atoms with Gasteiger partial charge in [-0.15, -0.1) is 11.3 Å². The molecule has 0 bridgehead atoms. The Labute approximate surface area is 186 Å². The molecule has 4 aromatic rings. The van der Waals surface area contributed by atoms with Crippen molar-refractivity contribution in [1.82, 2.24) is 14.7 Å². The van der Waals surface area contributed by atoms with Crippen LogP contribution < -0.4 is 10.9 Å². The van der Waals surface area contributed by atoms with E-state index >= 15 is 0 Å². The van der Waals surface area contributed by atoms with E-state index in [9.17, 15) is 9.59 Å². The summed E-state index contributed by atoms with van der Waals surface area (Å²) in [6, 6.07) is 11.1. The van der Waals surface area contributed by atoms with Crippen LogP contribution in [0.1, 0.15) is 29.5 Å². The second-order valence-electron chi connectivity index (χ2n) is 7.49. The fraction of sp³-hybridized carbons (Fsp3) is 0.273. The standard InChI is InChI=1S/C22H20N4O3S2/c1-12-11-17(29-25-12)23-19(27)13(2)30-22-24-20-18(15-9-6-10-16(15)31-20)21(28)26(22)14-7-4-3-5-8-14/h3-5,7-8,11,13H,6,9-10H2,1-2H3,(H,23,27). The number of rotatable bonds is 5. The summed E-state index contributed by atoms with van der Waals surface area (Å²) in [5.41, 5.74) is 2.49. The van der Waals surface area contributed by atoms with Crippen molar-refractivity contribution in [3.63, 3.8) is 0 Å². The molecule has 158 valence electrons. The third-order valence-corrected chi connectivity index (χ3v) is 7.49. The summed E-state index contributed by atoms with van der Waals surface area (Å²) in [5.74, 6) is 0.0530. The number of anilines is 1. The summed E-state index contributed by atoms with van der Waals surface area (Å²) < 4.78 is 6.71. The molecule has 0 spiro atoms. The second-order valence-corrected chi connectivity index (χ2v) is 9.88. The Morgan fingerprint density at radius 2 is 2.10 bits per heavy atom. The number of fused-ring (bicyclic) bond motifs is 3. The van der Waals surface area contributed by atoms with Crippen LogP contribution in [-0.2, 0) is 17.6 Å². The first kappa shape index (κ1) is 20.0. The molecule has 0 radical (unpaired) electrons. The zero-order valence-corrected chi connectivity index (χ0v) is 18.7. The van der Waals surface area contributed by atoms with Gasteiger partial charge in [-0.1, -0.05) is 35.1 Å². The van der Waals surface area contributed by atoms with E-state index in [4.69, 9.17) is 9.51 Å². The summed E-state index contributed by atoms with van der Waals surface area (Å²) in [6.07, 6.45) is 3.00. The monoisotopic (exact) mass is 452 g/mol. The quantitative estimate of drug-likeness (QED) is 0.358.